The average molecular weight is 550 g/mol. The van der Waals surface area contributed by atoms with E-state index in [-0.39, 0.29) is 11.7 Å². The second-order valence-electron chi connectivity index (χ2n) is 7.18. The van der Waals surface area contributed by atoms with Crippen molar-refractivity contribution in [2.75, 3.05) is 12.9 Å². The lowest BCUT2D eigenvalue weighted by atomic mass is 10.1. The number of hydrazone groups is 1. The molecule has 176 valence electrons. The van der Waals surface area contributed by atoms with Crippen LogP contribution in [0.15, 0.2) is 93.6 Å². The quantitative estimate of drug-likeness (QED) is 0.148. The first kappa shape index (κ1) is 24.4. The lowest BCUT2D eigenvalue weighted by molar-refractivity contribution is -0.118. The molecule has 0 fully saturated rings. The summed E-state index contributed by atoms with van der Waals surface area (Å²) in [6.45, 7) is 0. The van der Waals surface area contributed by atoms with E-state index in [9.17, 15) is 9.59 Å². The van der Waals surface area contributed by atoms with Crippen molar-refractivity contribution < 1.29 is 14.3 Å². The summed E-state index contributed by atoms with van der Waals surface area (Å²) >= 11 is 4.73. The number of carbonyl (C=O) groups excluding carboxylic acids is 2. The van der Waals surface area contributed by atoms with Crippen molar-refractivity contribution >= 4 is 45.8 Å². The normalized spacial score (nSPS) is 10.9. The Balaban J connectivity index is 1.44. The summed E-state index contributed by atoms with van der Waals surface area (Å²) in [6, 6.07) is 24.2. The number of aromatic nitrogens is 3. The number of nitrogens with zero attached hydrogens (tertiary/aromatic N) is 4. The van der Waals surface area contributed by atoms with Gasteiger partial charge in [0.05, 0.1) is 24.6 Å². The van der Waals surface area contributed by atoms with Gasteiger partial charge in [0.1, 0.15) is 0 Å². The van der Waals surface area contributed by atoms with Gasteiger partial charge in [-0.3, -0.25) is 9.36 Å². The monoisotopic (exact) mass is 549 g/mol. The molecule has 0 aliphatic carbocycles. The molecule has 8 nitrogen and oxygen atoms in total. The Morgan fingerprint density at radius 1 is 1.03 bits per heavy atom. The van der Waals surface area contributed by atoms with Crippen molar-refractivity contribution in [1.82, 2.24) is 20.2 Å². The maximum Gasteiger partial charge on any atom is 0.337 e. The minimum atomic E-state index is -0.412. The van der Waals surface area contributed by atoms with Gasteiger partial charge in [0, 0.05) is 15.7 Å². The van der Waals surface area contributed by atoms with E-state index in [1.807, 2.05) is 59.2 Å². The molecule has 35 heavy (non-hydrogen) atoms. The topological polar surface area (TPSA) is 98.5 Å². The highest BCUT2D eigenvalue weighted by atomic mass is 79.9. The fourth-order valence-electron chi connectivity index (χ4n) is 3.12. The number of nitrogens with one attached hydrogen (secondary N) is 1. The van der Waals surface area contributed by atoms with Crippen LogP contribution in [0.5, 0.6) is 0 Å². The third-order valence-corrected chi connectivity index (χ3v) is 6.27. The lowest BCUT2D eigenvalue weighted by Gasteiger charge is -2.10. The van der Waals surface area contributed by atoms with Gasteiger partial charge >= 0.3 is 5.97 Å². The van der Waals surface area contributed by atoms with Crippen LogP contribution >= 0.6 is 27.7 Å². The maximum absolute atomic E-state index is 12.4. The van der Waals surface area contributed by atoms with Gasteiger partial charge in [-0.1, -0.05) is 70.2 Å². The van der Waals surface area contributed by atoms with Crippen molar-refractivity contribution in [2.24, 2.45) is 5.10 Å². The Morgan fingerprint density at radius 3 is 2.43 bits per heavy atom. The maximum atomic E-state index is 12.4. The molecule has 1 heterocycles. The number of rotatable bonds is 8. The first-order chi connectivity index (χ1) is 17.0. The predicted molar refractivity (Wildman–Crippen MR) is 139 cm³/mol. The highest BCUT2D eigenvalue weighted by molar-refractivity contribution is 9.10. The second kappa shape index (κ2) is 11.6. The number of halogens is 1. The van der Waals surface area contributed by atoms with Crippen molar-refractivity contribution in [1.29, 1.82) is 0 Å². The molecule has 0 radical (unpaired) electrons. The molecule has 0 unspecified atom stereocenters. The molecular weight excluding hydrogens is 530 g/mol. The Hall–Kier alpha value is -3.76. The average Bonchev–Trinajstić information content (AvgIpc) is 3.32. The molecule has 0 saturated heterocycles. The Kier molecular flexibility index (Phi) is 8.07. The van der Waals surface area contributed by atoms with Gasteiger partial charge < -0.3 is 4.74 Å². The van der Waals surface area contributed by atoms with E-state index in [1.165, 1.54) is 25.1 Å². The van der Waals surface area contributed by atoms with E-state index in [4.69, 9.17) is 0 Å². The molecule has 0 aliphatic rings. The summed E-state index contributed by atoms with van der Waals surface area (Å²) < 4.78 is 7.56. The smallest absolute Gasteiger partial charge is 0.337 e. The van der Waals surface area contributed by atoms with Crippen LogP contribution in [0.3, 0.4) is 0 Å². The van der Waals surface area contributed by atoms with Gasteiger partial charge in [-0.2, -0.15) is 5.10 Å². The lowest BCUT2D eigenvalue weighted by Crippen LogP contribution is -2.20. The van der Waals surface area contributed by atoms with Crippen molar-refractivity contribution in [3.8, 4) is 17.1 Å². The molecule has 3 aromatic carbocycles. The summed E-state index contributed by atoms with van der Waals surface area (Å²) in [5, 5.41) is 13.3. The minimum absolute atomic E-state index is 0.0993. The van der Waals surface area contributed by atoms with Gasteiger partial charge in [-0.15, -0.1) is 10.2 Å². The molecule has 4 rings (SSSR count). The molecule has 1 amide bonds. The fraction of sp³-hybridized carbons (Fsp3) is 0.0800. The molecule has 0 saturated carbocycles. The van der Waals surface area contributed by atoms with Crippen molar-refractivity contribution in [2.45, 2.75) is 5.16 Å². The first-order valence-electron chi connectivity index (χ1n) is 10.4. The second-order valence-corrected chi connectivity index (χ2v) is 9.04. The fourth-order valence-corrected chi connectivity index (χ4v) is 4.13. The van der Waals surface area contributed by atoms with Crippen LogP contribution in [0, 0.1) is 0 Å². The number of carbonyl (C=O) groups is 2. The van der Waals surface area contributed by atoms with Gasteiger partial charge in [-0.25, -0.2) is 10.2 Å². The number of amides is 1. The number of hydrogen-bond acceptors (Lipinski definition) is 7. The molecule has 0 atom stereocenters. The van der Waals surface area contributed by atoms with Crippen molar-refractivity contribution in [3.63, 3.8) is 0 Å². The first-order valence-corrected chi connectivity index (χ1v) is 12.2. The third kappa shape index (κ3) is 6.23. The number of benzene rings is 3. The van der Waals surface area contributed by atoms with E-state index >= 15 is 0 Å². The van der Waals surface area contributed by atoms with Crippen LogP contribution in [0.4, 0.5) is 0 Å². The highest BCUT2D eigenvalue weighted by Gasteiger charge is 2.17. The molecule has 1 aromatic heterocycles. The standard InChI is InChI=1S/C25H20BrN5O3S/c1-34-24(33)19-9-7-17(8-10-19)15-27-28-22(32)16-35-25-30-29-23(18-5-3-2-4-6-18)31(25)21-13-11-20(26)12-14-21/h2-15H,16H2,1H3,(H,28,32)/b27-15+. The largest absolute Gasteiger partial charge is 0.465 e. The van der Waals surface area contributed by atoms with Crippen LogP contribution in [-0.2, 0) is 9.53 Å². The van der Waals surface area contributed by atoms with Crippen LogP contribution in [0.1, 0.15) is 15.9 Å². The number of ether oxygens (including phenoxy) is 1. The molecule has 0 aliphatic heterocycles. The van der Waals surface area contributed by atoms with Crippen LogP contribution < -0.4 is 5.43 Å². The zero-order valence-electron chi connectivity index (χ0n) is 18.6. The summed E-state index contributed by atoms with van der Waals surface area (Å²) in [7, 11) is 1.33. The summed E-state index contributed by atoms with van der Waals surface area (Å²) in [5.74, 6) is 0.0840. The summed E-state index contributed by atoms with van der Waals surface area (Å²) in [5.41, 5.74) is 5.48. The van der Waals surface area contributed by atoms with Crippen LogP contribution in [0.25, 0.3) is 17.1 Å². The minimum Gasteiger partial charge on any atom is -0.465 e. The number of hydrogen-bond donors (Lipinski definition) is 1. The van der Waals surface area contributed by atoms with E-state index in [0.717, 1.165) is 21.3 Å². The molecule has 1 N–H and O–H groups in total. The van der Waals surface area contributed by atoms with Crippen LogP contribution in [-0.4, -0.2) is 45.7 Å². The van der Waals surface area contributed by atoms with E-state index < -0.39 is 5.97 Å². The van der Waals surface area contributed by atoms with E-state index in [2.05, 4.69) is 41.4 Å². The van der Waals surface area contributed by atoms with Crippen molar-refractivity contribution in [3.05, 3.63) is 94.5 Å². The Labute approximate surface area is 214 Å². The van der Waals surface area contributed by atoms with Gasteiger partial charge in [-0.05, 0) is 42.0 Å². The van der Waals surface area contributed by atoms with E-state index in [0.29, 0.717) is 16.5 Å². The van der Waals surface area contributed by atoms with Crippen LogP contribution in [0.2, 0.25) is 0 Å². The van der Waals surface area contributed by atoms with Gasteiger partial charge in [0.15, 0.2) is 11.0 Å². The zero-order chi connectivity index (χ0) is 24.6. The van der Waals surface area contributed by atoms with Gasteiger partial charge in [0.25, 0.3) is 5.91 Å². The molecule has 10 heteroatoms. The molecule has 0 spiro atoms. The third-order valence-electron chi connectivity index (χ3n) is 4.82. The summed E-state index contributed by atoms with van der Waals surface area (Å²) in [6.07, 6.45) is 1.50. The summed E-state index contributed by atoms with van der Waals surface area (Å²) in [4.78, 5) is 23.9. The Bertz CT molecular complexity index is 1340. The molecule has 0 bridgehead atoms. The Morgan fingerprint density at radius 2 is 1.74 bits per heavy atom. The predicted octanol–water partition coefficient (Wildman–Crippen LogP) is 4.73. The number of methoxy groups -OCH3 is 1. The SMILES string of the molecule is COC(=O)c1ccc(/C=N/NC(=O)CSc2nnc(-c3ccccc3)n2-c2ccc(Br)cc2)cc1. The highest BCUT2D eigenvalue weighted by Crippen LogP contribution is 2.28. The van der Waals surface area contributed by atoms with E-state index in [1.54, 1.807) is 24.3 Å². The molecule has 4 aromatic rings. The van der Waals surface area contributed by atoms with Gasteiger partial charge in [0.2, 0.25) is 0 Å². The molecular formula is C25H20BrN5O3S. The number of thioether (sulfide) groups is 1. The zero-order valence-corrected chi connectivity index (χ0v) is 21.0. The number of esters is 1.